The molecule has 4 heterocycles. The summed E-state index contributed by atoms with van der Waals surface area (Å²) in [6, 6.07) is 2.39. The molecule has 3 atom stereocenters. The van der Waals surface area contributed by atoms with Crippen molar-refractivity contribution in [2.45, 2.75) is 37.4 Å². The van der Waals surface area contributed by atoms with Crippen LogP contribution in [0.1, 0.15) is 29.1 Å². The van der Waals surface area contributed by atoms with Crippen molar-refractivity contribution in [1.82, 2.24) is 20.6 Å². The molecule has 0 radical (unpaired) electrons. The molecular weight excluding hydrogens is 303 g/mol. The molecule has 2 aromatic heterocycles. The van der Waals surface area contributed by atoms with Crippen LogP contribution in [0.25, 0.3) is 10.4 Å². The first-order chi connectivity index (χ1) is 10.7. The van der Waals surface area contributed by atoms with Gasteiger partial charge in [0.05, 0.1) is 4.88 Å². The van der Waals surface area contributed by atoms with Crippen LogP contribution in [0, 0.1) is 5.82 Å². The van der Waals surface area contributed by atoms with Crippen molar-refractivity contribution in [2.75, 3.05) is 0 Å². The highest BCUT2D eigenvalue weighted by Gasteiger charge is 2.39. The Bertz CT molecular complexity index is 719. The number of thiazole rings is 1. The summed E-state index contributed by atoms with van der Waals surface area (Å²) in [5, 5.41) is 6.89. The molecule has 0 saturated carbocycles. The molecule has 7 heteroatoms. The number of nitrogens with one attached hydrogen (secondary N) is 2. The van der Waals surface area contributed by atoms with Gasteiger partial charge in [-0.25, -0.2) is 9.37 Å². The van der Waals surface area contributed by atoms with Crippen LogP contribution < -0.4 is 10.6 Å². The first-order valence-electron chi connectivity index (χ1n) is 7.33. The van der Waals surface area contributed by atoms with Crippen molar-refractivity contribution in [1.29, 1.82) is 0 Å². The van der Waals surface area contributed by atoms with E-state index in [0.29, 0.717) is 27.5 Å². The molecule has 0 aliphatic carbocycles. The average molecular weight is 318 g/mol. The summed E-state index contributed by atoms with van der Waals surface area (Å²) in [4.78, 5) is 21.0. The molecule has 0 aromatic carbocycles. The Labute approximate surface area is 131 Å². The van der Waals surface area contributed by atoms with Gasteiger partial charge in [-0.1, -0.05) is 0 Å². The molecule has 114 valence electrons. The van der Waals surface area contributed by atoms with Gasteiger partial charge in [0, 0.05) is 42.3 Å². The summed E-state index contributed by atoms with van der Waals surface area (Å²) in [5.41, 5.74) is 0.376. The number of hydrogen-bond acceptors (Lipinski definition) is 5. The summed E-state index contributed by atoms with van der Waals surface area (Å²) < 4.78 is 13.7. The predicted octanol–water partition coefficient (Wildman–Crippen LogP) is 1.97. The molecule has 2 aliphatic rings. The Morgan fingerprint density at radius 1 is 1.41 bits per heavy atom. The summed E-state index contributed by atoms with van der Waals surface area (Å²) in [6.07, 6.45) is 7.66. The van der Waals surface area contributed by atoms with E-state index >= 15 is 0 Å². The van der Waals surface area contributed by atoms with Crippen LogP contribution in [0.3, 0.4) is 0 Å². The fourth-order valence-corrected chi connectivity index (χ4v) is 4.11. The highest BCUT2D eigenvalue weighted by atomic mass is 32.1. The molecule has 5 nitrogen and oxygen atoms in total. The molecule has 2 N–H and O–H groups in total. The number of aromatic nitrogens is 2. The van der Waals surface area contributed by atoms with Crippen LogP contribution in [0.15, 0.2) is 24.7 Å². The number of halogens is 1. The van der Waals surface area contributed by atoms with E-state index in [-0.39, 0.29) is 17.8 Å². The topological polar surface area (TPSA) is 66.9 Å². The minimum atomic E-state index is -0.358. The van der Waals surface area contributed by atoms with Crippen molar-refractivity contribution in [3.63, 3.8) is 0 Å². The van der Waals surface area contributed by atoms with Gasteiger partial charge < -0.3 is 10.6 Å². The van der Waals surface area contributed by atoms with E-state index < -0.39 is 0 Å². The van der Waals surface area contributed by atoms with Gasteiger partial charge >= 0.3 is 0 Å². The highest BCUT2D eigenvalue weighted by Crippen LogP contribution is 2.30. The molecule has 2 fully saturated rings. The Hall–Kier alpha value is -1.86. The van der Waals surface area contributed by atoms with E-state index in [1.165, 1.54) is 42.4 Å². The predicted molar refractivity (Wildman–Crippen MR) is 81.1 cm³/mol. The molecule has 2 aliphatic heterocycles. The number of hydrogen-bond donors (Lipinski definition) is 2. The van der Waals surface area contributed by atoms with E-state index in [9.17, 15) is 9.18 Å². The van der Waals surface area contributed by atoms with Gasteiger partial charge in [0.1, 0.15) is 5.82 Å². The van der Waals surface area contributed by atoms with Crippen LogP contribution in [0.5, 0.6) is 0 Å². The standard InChI is InChI=1S/C15H15FN4OS/c16-10-3-4-17-6-9(10)13-7-18-15(22-13)14(21)20-12-5-8-1-2-11(12)19-8/h3-4,6-8,11-12,19H,1-2,5H2,(H,20,21). The zero-order chi connectivity index (χ0) is 15.1. The first-order valence-corrected chi connectivity index (χ1v) is 8.15. The van der Waals surface area contributed by atoms with Crippen molar-refractivity contribution in [3.05, 3.63) is 35.5 Å². The monoisotopic (exact) mass is 318 g/mol. The van der Waals surface area contributed by atoms with Crippen LogP contribution in [0.2, 0.25) is 0 Å². The van der Waals surface area contributed by atoms with Gasteiger partial charge in [0.15, 0.2) is 5.01 Å². The van der Waals surface area contributed by atoms with Crippen molar-refractivity contribution >= 4 is 17.2 Å². The van der Waals surface area contributed by atoms with Crippen LogP contribution in [-0.4, -0.2) is 34.0 Å². The smallest absolute Gasteiger partial charge is 0.280 e. The number of amides is 1. The van der Waals surface area contributed by atoms with E-state index in [0.717, 1.165) is 12.8 Å². The van der Waals surface area contributed by atoms with E-state index in [2.05, 4.69) is 20.6 Å². The SMILES string of the molecule is O=C(NC1CC2CCC1N2)c1ncc(-c2cnccc2F)s1. The van der Waals surface area contributed by atoms with Crippen LogP contribution >= 0.6 is 11.3 Å². The number of carbonyl (C=O) groups excluding carboxylic acids is 1. The molecular formula is C15H15FN4OS. The summed E-state index contributed by atoms with van der Waals surface area (Å²) >= 11 is 1.19. The largest absolute Gasteiger partial charge is 0.346 e. The zero-order valence-corrected chi connectivity index (χ0v) is 12.6. The second-order valence-corrected chi connectivity index (χ2v) is 6.78. The molecule has 2 bridgehead atoms. The third kappa shape index (κ3) is 2.40. The Morgan fingerprint density at radius 3 is 3.05 bits per heavy atom. The lowest BCUT2D eigenvalue weighted by atomic mass is 9.95. The maximum absolute atomic E-state index is 13.7. The normalized spacial score (nSPS) is 26.3. The van der Waals surface area contributed by atoms with Crippen molar-refractivity contribution in [3.8, 4) is 10.4 Å². The zero-order valence-electron chi connectivity index (χ0n) is 11.8. The quantitative estimate of drug-likeness (QED) is 0.908. The molecule has 1 amide bonds. The fraction of sp³-hybridized carbons (Fsp3) is 0.400. The Kier molecular flexibility index (Phi) is 3.38. The minimum Gasteiger partial charge on any atom is -0.346 e. The average Bonchev–Trinajstić information content (AvgIpc) is 3.24. The first kappa shape index (κ1) is 13.8. The fourth-order valence-electron chi connectivity index (χ4n) is 3.28. The van der Waals surface area contributed by atoms with Crippen molar-refractivity contribution < 1.29 is 9.18 Å². The second kappa shape index (κ2) is 5.40. The van der Waals surface area contributed by atoms with E-state index in [4.69, 9.17) is 0 Å². The highest BCUT2D eigenvalue weighted by molar-refractivity contribution is 7.16. The Morgan fingerprint density at radius 2 is 2.32 bits per heavy atom. The van der Waals surface area contributed by atoms with Crippen LogP contribution in [0.4, 0.5) is 4.39 Å². The number of fused-ring (bicyclic) bond motifs is 2. The third-order valence-electron chi connectivity index (χ3n) is 4.35. The molecule has 2 saturated heterocycles. The van der Waals surface area contributed by atoms with Gasteiger partial charge in [-0.05, 0) is 25.3 Å². The van der Waals surface area contributed by atoms with E-state index in [1.54, 1.807) is 0 Å². The maximum atomic E-state index is 13.7. The molecule has 0 spiro atoms. The van der Waals surface area contributed by atoms with E-state index in [1.807, 2.05) is 0 Å². The number of nitrogens with zero attached hydrogens (tertiary/aromatic N) is 2. The number of carbonyl (C=O) groups is 1. The molecule has 4 rings (SSSR count). The summed E-state index contributed by atoms with van der Waals surface area (Å²) in [6.45, 7) is 0. The van der Waals surface area contributed by atoms with Gasteiger partial charge in [-0.3, -0.25) is 9.78 Å². The Balaban J connectivity index is 1.49. The second-order valence-electron chi connectivity index (χ2n) is 5.75. The number of pyridine rings is 1. The lowest BCUT2D eigenvalue weighted by Crippen LogP contribution is -2.42. The van der Waals surface area contributed by atoms with Gasteiger partial charge in [-0.15, -0.1) is 11.3 Å². The number of rotatable bonds is 3. The summed E-state index contributed by atoms with van der Waals surface area (Å²) in [5.74, 6) is -0.539. The maximum Gasteiger partial charge on any atom is 0.280 e. The lowest BCUT2D eigenvalue weighted by molar-refractivity contribution is 0.0930. The van der Waals surface area contributed by atoms with Crippen LogP contribution in [-0.2, 0) is 0 Å². The van der Waals surface area contributed by atoms with Gasteiger partial charge in [-0.2, -0.15) is 0 Å². The summed E-state index contributed by atoms with van der Waals surface area (Å²) in [7, 11) is 0. The molecule has 3 unspecified atom stereocenters. The lowest BCUT2D eigenvalue weighted by Gasteiger charge is -2.20. The van der Waals surface area contributed by atoms with Gasteiger partial charge in [0.2, 0.25) is 0 Å². The van der Waals surface area contributed by atoms with Crippen molar-refractivity contribution in [2.24, 2.45) is 0 Å². The molecule has 2 aromatic rings. The minimum absolute atomic E-state index is 0.175. The third-order valence-corrected chi connectivity index (χ3v) is 5.38. The molecule has 22 heavy (non-hydrogen) atoms. The van der Waals surface area contributed by atoms with Gasteiger partial charge in [0.25, 0.3) is 5.91 Å².